The Labute approximate surface area is 75.9 Å². The van der Waals surface area contributed by atoms with Gasteiger partial charge in [0.1, 0.15) is 0 Å². The molecule has 69 valence electrons. The van der Waals surface area contributed by atoms with Crippen molar-refractivity contribution < 1.29 is 0 Å². The lowest BCUT2D eigenvalue weighted by molar-refractivity contribution is 0.382. The van der Waals surface area contributed by atoms with Gasteiger partial charge in [-0.15, -0.1) is 0 Å². The maximum Gasteiger partial charge on any atom is 0.0250 e. The maximum absolute atomic E-state index is 4.85. The molecule has 2 aliphatic carbocycles. The SMILES string of the molecule is C1CCCC([N]C2CC2)CCC1. The van der Waals surface area contributed by atoms with Crippen LogP contribution in [0, 0.1) is 0 Å². The third-order valence-corrected chi connectivity index (χ3v) is 3.04. The zero-order valence-electron chi connectivity index (χ0n) is 7.97. The largest absolute Gasteiger partial charge is 0.235 e. The predicted octanol–water partition coefficient (Wildman–Crippen LogP) is 2.87. The van der Waals surface area contributed by atoms with E-state index in [1.807, 2.05) is 0 Å². The van der Waals surface area contributed by atoms with Gasteiger partial charge in [-0.3, -0.25) is 0 Å². The Morgan fingerprint density at radius 3 is 1.67 bits per heavy atom. The Hall–Kier alpha value is -0.0400. The minimum absolute atomic E-state index is 0.748. The first kappa shape index (κ1) is 8.55. The minimum atomic E-state index is 0.748. The van der Waals surface area contributed by atoms with Gasteiger partial charge in [0, 0.05) is 12.1 Å². The van der Waals surface area contributed by atoms with E-state index in [0.717, 1.165) is 12.1 Å². The Kier molecular flexibility index (Phi) is 3.04. The van der Waals surface area contributed by atoms with Gasteiger partial charge in [0.2, 0.25) is 0 Å². The van der Waals surface area contributed by atoms with E-state index in [-0.39, 0.29) is 0 Å². The van der Waals surface area contributed by atoms with E-state index in [1.54, 1.807) is 0 Å². The lowest BCUT2D eigenvalue weighted by Gasteiger charge is -2.18. The molecule has 0 aromatic carbocycles. The summed E-state index contributed by atoms with van der Waals surface area (Å²) in [6.07, 6.45) is 12.8. The molecule has 0 amide bonds. The average molecular weight is 166 g/mol. The summed E-state index contributed by atoms with van der Waals surface area (Å²) in [4.78, 5) is 0. The van der Waals surface area contributed by atoms with Gasteiger partial charge in [-0.2, -0.15) is 0 Å². The van der Waals surface area contributed by atoms with Gasteiger partial charge >= 0.3 is 0 Å². The van der Waals surface area contributed by atoms with Gasteiger partial charge in [0.25, 0.3) is 0 Å². The van der Waals surface area contributed by atoms with Gasteiger partial charge in [-0.1, -0.05) is 32.1 Å². The van der Waals surface area contributed by atoms with Gasteiger partial charge in [-0.05, 0) is 25.7 Å². The van der Waals surface area contributed by atoms with Crippen molar-refractivity contribution in [1.29, 1.82) is 0 Å². The van der Waals surface area contributed by atoms with Crippen molar-refractivity contribution >= 4 is 0 Å². The molecule has 0 N–H and O–H groups in total. The summed E-state index contributed by atoms with van der Waals surface area (Å²) in [6.45, 7) is 0. The van der Waals surface area contributed by atoms with E-state index < -0.39 is 0 Å². The molecule has 0 saturated heterocycles. The second kappa shape index (κ2) is 4.27. The molecule has 0 aromatic heterocycles. The van der Waals surface area contributed by atoms with E-state index in [2.05, 4.69) is 0 Å². The first-order valence-corrected chi connectivity index (χ1v) is 5.65. The molecule has 1 radical (unpaired) electrons. The molecule has 0 unspecified atom stereocenters. The van der Waals surface area contributed by atoms with E-state index in [9.17, 15) is 0 Å². The Morgan fingerprint density at radius 1 is 0.583 bits per heavy atom. The van der Waals surface area contributed by atoms with Crippen LogP contribution in [0.2, 0.25) is 0 Å². The maximum atomic E-state index is 4.85. The highest BCUT2D eigenvalue weighted by Gasteiger charge is 2.25. The average Bonchev–Trinajstić information content (AvgIpc) is 2.78. The van der Waals surface area contributed by atoms with Crippen LogP contribution < -0.4 is 5.32 Å². The Balaban J connectivity index is 1.69. The van der Waals surface area contributed by atoms with Gasteiger partial charge < -0.3 is 0 Å². The molecule has 2 aliphatic rings. The molecule has 0 bridgehead atoms. The lowest BCUT2D eigenvalue weighted by Crippen LogP contribution is -2.24. The molecule has 0 heterocycles. The molecule has 1 nitrogen and oxygen atoms in total. The van der Waals surface area contributed by atoms with Crippen LogP contribution in [0.3, 0.4) is 0 Å². The second-order valence-electron chi connectivity index (χ2n) is 4.38. The molecule has 2 fully saturated rings. The van der Waals surface area contributed by atoms with Crippen LogP contribution in [0.15, 0.2) is 0 Å². The topological polar surface area (TPSA) is 14.1 Å². The summed E-state index contributed by atoms with van der Waals surface area (Å²) in [5.74, 6) is 0. The molecular formula is C11H20N. The Morgan fingerprint density at radius 2 is 1.08 bits per heavy atom. The summed E-state index contributed by atoms with van der Waals surface area (Å²) in [5, 5.41) is 4.85. The molecule has 2 rings (SSSR count). The van der Waals surface area contributed by atoms with Crippen molar-refractivity contribution in [2.75, 3.05) is 0 Å². The van der Waals surface area contributed by atoms with Crippen molar-refractivity contribution in [2.24, 2.45) is 0 Å². The van der Waals surface area contributed by atoms with E-state index >= 15 is 0 Å². The van der Waals surface area contributed by atoms with Crippen LogP contribution in [0.1, 0.15) is 57.8 Å². The van der Waals surface area contributed by atoms with Crippen LogP contribution in [0.4, 0.5) is 0 Å². The molecule has 1 heteroatoms. The van der Waals surface area contributed by atoms with Crippen molar-refractivity contribution in [3.63, 3.8) is 0 Å². The molecule has 12 heavy (non-hydrogen) atoms. The summed E-state index contributed by atoms with van der Waals surface area (Å²) in [7, 11) is 0. The first-order chi connectivity index (χ1) is 5.95. The fraction of sp³-hybridized carbons (Fsp3) is 1.00. The van der Waals surface area contributed by atoms with Crippen LogP contribution in [-0.4, -0.2) is 12.1 Å². The van der Waals surface area contributed by atoms with Gasteiger partial charge in [-0.25, -0.2) is 5.32 Å². The van der Waals surface area contributed by atoms with Crippen LogP contribution >= 0.6 is 0 Å². The summed E-state index contributed by atoms with van der Waals surface area (Å²) in [6, 6.07) is 1.53. The highest BCUT2D eigenvalue weighted by atomic mass is 15.0. The van der Waals surface area contributed by atoms with Crippen molar-refractivity contribution in [1.82, 2.24) is 5.32 Å². The number of hydrogen-bond acceptors (Lipinski definition) is 0. The lowest BCUT2D eigenvalue weighted by atomic mass is 9.97. The summed E-state index contributed by atoms with van der Waals surface area (Å²) >= 11 is 0. The number of rotatable bonds is 2. The standard InChI is InChI=1S/C11H20N/c1-2-4-6-10(7-5-3-1)12-11-8-9-11/h10-11H,1-9H2. The highest BCUT2D eigenvalue weighted by Crippen LogP contribution is 2.25. The number of hydrogen-bond donors (Lipinski definition) is 0. The van der Waals surface area contributed by atoms with Crippen LogP contribution in [0.5, 0.6) is 0 Å². The highest BCUT2D eigenvalue weighted by molar-refractivity contribution is 4.84. The second-order valence-corrected chi connectivity index (χ2v) is 4.38. The Bertz CT molecular complexity index is 121. The quantitative estimate of drug-likeness (QED) is 0.599. The smallest absolute Gasteiger partial charge is 0.0250 e. The minimum Gasteiger partial charge on any atom is -0.235 e. The van der Waals surface area contributed by atoms with Gasteiger partial charge in [0.05, 0.1) is 0 Å². The normalized spacial score (nSPS) is 28.0. The number of nitrogens with zero attached hydrogens (tertiary/aromatic N) is 1. The van der Waals surface area contributed by atoms with Crippen molar-refractivity contribution in [3.8, 4) is 0 Å². The molecule has 0 aromatic rings. The fourth-order valence-corrected chi connectivity index (χ4v) is 2.11. The molecular weight excluding hydrogens is 146 g/mol. The zero-order valence-corrected chi connectivity index (χ0v) is 7.97. The van der Waals surface area contributed by atoms with E-state index in [4.69, 9.17) is 5.32 Å². The fourth-order valence-electron chi connectivity index (χ4n) is 2.11. The third kappa shape index (κ3) is 2.78. The van der Waals surface area contributed by atoms with Gasteiger partial charge in [0.15, 0.2) is 0 Å². The monoisotopic (exact) mass is 166 g/mol. The molecule has 0 aliphatic heterocycles. The third-order valence-electron chi connectivity index (χ3n) is 3.04. The van der Waals surface area contributed by atoms with E-state index in [1.165, 1.54) is 57.8 Å². The zero-order chi connectivity index (χ0) is 8.23. The first-order valence-electron chi connectivity index (χ1n) is 5.65. The molecule has 0 spiro atoms. The van der Waals surface area contributed by atoms with Crippen molar-refractivity contribution in [3.05, 3.63) is 0 Å². The van der Waals surface area contributed by atoms with Crippen LogP contribution in [-0.2, 0) is 0 Å². The predicted molar refractivity (Wildman–Crippen MR) is 51.3 cm³/mol. The van der Waals surface area contributed by atoms with Crippen LogP contribution in [0.25, 0.3) is 0 Å². The summed E-state index contributed by atoms with van der Waals surface area (Å²) < 4.78 is 0. The van der Waals surface area contributed by atoms with E-state index in [0.29, 0.717) is 0 Å². The molecule has 0 atom stereocenters. The summed E-state index contributed by atoms with van der Waals surface area (Å²) in [5.41, 5.74) is 0. The molecule has 2 saturated carbocycles. The van der Waals surface area contributed by atoms with Crippen molar-refractivity contribution in [2.45, 2.75) is 69.9 Å².